The van der Waals surface area contributed by atoms with Gasteiger partial charge in [-0.1, -0.05) is 54.6 Å². The molecule has 0 fully saturated rings. The van der Waals surface area contributed by atoms with Crippen LogP contribution in [0.5, 0.6) is 0 Å². The predicted octanol–water partition coefficient (Wildman–Crippen LogP) is 3.80. The summed E-state index contributed by atoms with van der Waals surface area (Å²) in [6, 6.07) is 17.5. The first kappa shape index (κ1) is 26.4. The number of aliphatic hydroxyl groups excluding tert-OH is 1. The molecule has 0 atom stereocenters. The van der Waals surface area contributed by atoms with Crippen molar-refractivity contribution < 1.29 is 37.4 Å². The van der Waals surface area contributed by atoms with Gasteiger partial charge in [-0.05, 0) is 39.9 Å². The number of urea groups is 1. The lowest BCUT2D eigenvalue weighted by molar-refractivity contribution is -0.754. The van der Waals surface area contributed by atoms with Gasteiger partial charge in [-0.15, -0.1) is 0 Å². The van der Waals surface area contributed by atoms with E-state index in [9.17, 15) is 23.1 Å². The number of alkyl halides is 3. The Bertz CT molecular complexity index is 1420. The average Bonchev–Trinajstić information content (AvgIpc) is 3.30. The van der Waals surface area contributed by atoms with E-state index in [0.29, 0.717) is 12.1 Å². The number of halogens is 3. The normalized spacial score (nSPS) is 11.8. The Kier molecular flexibility index (Phi) is 8.02. The Morgan fingerprint density at radius 1 is 1.00 bits per heavy atom. The summed E-state index contributed by atoms with van der Waals surface area (Å²) in [4.78, 5) is 16.2. The van der Waals surface area contributed by atoms with Crippen molar-refractivity contribution in [2.24, 2.45) is 4.99 Å². The molecule has 1 aromatic heterocycles. The zero-order valence-electron chi connectivity index (χ0n) is 19.8. The van der Waals surface area contributed by atoms with Crippen LogP contribution in [-0.4, -0.2) is 22.3 Å². The Morgan fingerprint density at radius 2 is 1.71 bits per heavy atom. The van der Waals surface area contributed by atoms with Crippen molar-refractivity contribution in [1.82, 2.24) is 5.27 Å². The van der Waals surface area contributed by atoms with Gasteiger partial charge in [-0.3, -0.25) is 14.8 Å². The molecular weight excluding hydrogens is 503 g/mol. The zero-order chi connectivity index (χ0) is 27.1. The third kappa shape index (κ3) is 7.40. The molecule has 0 saturated heterocycles. The Morgan fingerprint density at radius 3 is 2.39 bits per heavy atom. The average molecular weight is 525 g/mol. The van der Waals surface area contributed by atoms with Gasteiger partial charge in [0.25, 0.3) is 6.20 Å². The van der Waals surface area contributed by atoms with Crippen molar-refractivity contribution in [3.05, 3.63) is 101 Å². The molecule has 0 radical (unpaired) electrons. The molecule has 0 unspecified atom stereocenters. The smallest absolute Gasteiger partial charge is 0.416 e. The molecule has 0 spiro atoms. The first-order valence-electron chi connectivity index (χ1n) is 11.3. The van der Waals surface area contributed by atoms with Gasteiger partial charge in [0.1, 0.15) is 0 Å². The zero-order valence-corrected chi connectivity index (χ0v) is 19.8. The Balaban J connectivity index is 1.45. The minimum absolute atomic E-state index is 0.0515. The molecule has 12 heteroatoms. The van der Waals surface area contributed by atoms with Crippen LogP contribution in [0.1, 0.15) is 22.3 Å². The maximum atomic E-state index is 13.4. The van der Waals surface area contributed by atoms with Crippen LogP contribution in [0, 0.1) is 0 Å². The van der Waals surface area contributed by atoms with Crippen LogP contribution in [0.4, 0.5) is 35.2 Å². The highest BCUT2D eigenvalue weighted by Gasteiger charge is 2.31. The van der Waals surface area contributed by atoms with E-state index in [1.165, 1.54) is 10.9 Å². The molecule has 0 saturated carbocycles. The number of carbonyl (C=O) groups excluding carboxylic acids is 1. The molecule has 9 nitrogen and oxygen atoms in total. The van der Waals surface area contributed by atoms with Crippen molar-refractivity contribution in [3.8, 4) is 0 Å². The number of aliphatic hydroxyl groups is 1. The van der Waals surface area contributed by atoms with E-state index in [1.807, 2.05) is 0 Å². The lowest BCUT2D eigenvalue weighted by Gasteiger charge is -2.14. The highest BCUT2D eigenvalue weighted by Crippen LogP contribution is 2.34. The van der Waals surface area contributed by atoms with Gasteiger partial charge in [-0.25, -0.2) is 4.79 Å². The summed E-state index contributed by atoms with van der Waals surface area (Å²) in [5.41, 5.74) is 0.729. The number of aliphatic imine (C=N–C) groups is 1. The maximum Gasteiger partial charge on any atom is 0.416 e. The molecule has 0 aliphatic rings. The topological polar surface area (TPSA) is 127 Å². The van der Waals surface area contributed by atoms with E-state index in [0.717, 1.165) is 29.3 Å². The number of anilines is 2. The van der Waals surface area contributed by atoms with Crippen molar-refractivity contribution in [3.63, 3.8) is 0 Å². The summed E-state index contributed by atoms with van der Waals surface area (Å²) in [6.45, 7) is 0.236. The second-order valence-electron chi connectivity index (χ2n) is 8.25. The van der Waals surface area contributed by atoms with Crippen molar-refractivity contribution in [2.45, 2.75) is 25.7 Å². The van der Waals surface area contributed by atoms with Gasteiger partial charge < -0.3 is 15.5 Å². The lowest BCUT2D eigenvalue weighted by Crippen LogP contribution is -2.35. The van der Waals surface area contributed by atoms with Crippen molar-refractivity contribution in [2.75, 3.05) is 10.6 Å². The highest BCUT2D eigenvalue weighted by atomic mass is 19.4. The number of nitrogens with one attached hydrogen (secondary N) is 2. The molecule has 4 rings (SSSR count). The number of hydrogen-bond donors (Lipinski definition) is 3. The van der Waals surface area contributed by atoms with Crippen LogP contribution in [0.3, 0.4) is 0 Å². The molecule has 196 valence electrons. The fourth-order valence-corrected chi connectivity index (χ4v) is 3.49. The van der Waals surface area contributed by atoms with E-state index < -0.39 is 23.7 Å². The second kappa shape index (κ2) is 11.6. The monoisotopic (exact) mass is 525 g/mol. The minimum atomic E-state index is -4.73. The standard InChI is InChI=1S/C26H22F3N5O4/c27-26(28,29)20-11-21(30-23(36)10-17-4-2-1-3-5-17)13-22(12-20)31-25(37)32-24-15-34(33-38-24)14-18-6-8-19(16-35)9-7-18/h1-9,11-13,15,35H,10,14,16H2,(H2-,30,31,32,33,36,37). The van der Waals surface area contributed by atoms with Crippen LogP contribution < -0.4 is 20.4 Å². The largest absolute Gasteiger partial charge is 0.861 e. The molecule has 0 aliphatic carbocycles. The predicted molar refractivity (Wildman–Crippen MR) is 129 cm³/mol. The third-order valence-electron chi connectivity index (χ3n) is 5.25. The van der Waals surface area contributed by atoms with Gasteiger partial charge in [0.2, 0.25) is 11.8 Å². The number of hydrogen-bond acceptors (Lipinski definition) is 6. The first-order chi connectivity index (χ1) is 18.2. The fourth-order valence-electron chi connectivity index (χ4n) is 3.49. The maximum absolute atomic E-state index is 13.4. The molecule has 1 heterocycles. The minimum Gasteiger partial charge on any atom is -0.861 e. The lowest BCUT2D eigenvalue weighted by atomic mass is 10.1. The summed E-state index contributed by atoms with van der Waals surface area (Å²) in [5, 5.41) is 29.9. The quantitative estimate of drug-likeness (QED) is 0.183. The van der Waals surface area contributed by atoms with E-state index in [1.54, 1.807) is 54.6 Å². The molecule has 4 aromatic rings. The molecule has 38 heavy (non-hydrogen) atoms. The van der Waals surface area contributed by atoms with Gasteiger partial charge in [0.05, 0.1) is 17.9 Å². The Labute approximate surface area is 214 Å². The van der Waals surface area contributed by atoms with E-state index in [4.69, 9.17) is 9.63 Å². The molecule has 3 N–H and O–H groups in total. The number of amides is 2. The van der Waals surface area contributed by atoms with Crippen LogP contribution in [0.25, 0.3) is 0 Å². The van der Waals surface area contributed by atoms with Crippen LogP contribution in [0.2, 0.25) is 0 Å². The number of nitrogens with zero attached hydrogens (tertiary/aromatic N) is 3. The summed E-state index contributed by atoms with van der Waals surface area (Å²) >= 11 is 0. The molecule has 3 aromatic carbocycles. The van der Waals surface area contributed by atoms with E-state index >= 15 is 0 Å². The fraction of sp³-hybridized carbons (Fsp3) is 0.154. The summed E-state index contributed by atoms with van der Waals surface area (Å²) < 4.78 is 46.8. The number of benzene rings is 3. The second-order valence-corrected chi connectivity index (χ2v) is 8.25. The van der Waals surface area contributed by atoms with Crippen LogP contribution in [0.15, 0.2) is 88.5 Å². The van der Waals surface area contributed by atoms with E-state index in [2.05, 4.69) is 20.9 Å². The molecular formula is C26H22F3N5O4. The third-order valence-corrected chi connectivity index (χ3v) is 5.25. The van der Waals surface area contributed by atoms with Crippen LogP contribution >= 0.6 is 0 Å². The Hall–Kier alpha value is -4.71. The van der Waals surface area contributed by atoms with Gasteiger partial charge in [0.15, 0.2) is 0 Å². The van der Waals surface area contributed by atoms with E-state index in [-0.39, 0.29) is 30.3 Å². The molecule has 0 aliphatic heterocycles. The van der Waals surface area contributed by atoms with Crippen molar-refractivity contribution >= 4 is 29.2 Å². The molecule has 0 bridgehead atoms. The number of rotatable bonds is 8. The van der Waals surface area contributed by atoms with Gasteiger partial charge in [-0.2, -0.15) is 13.2 Å². The number of carbonyl (C=O) groups is 1. The van der Waals surface area contributed by atoms with Gasteiger partial charge >= 0.3 is 18.1 Å². The highest BCUT2D eigenvalue weighted by molar-refractivity contribution is 5.99. The summed E-state index contributed by atoms with van der Waals surface area (Å²) in [6.07, 6.45) is -3.42. The summed E-state index contributed by atoms with van der Waals surface area (Å²) in [5.74, 6) is -0.687. The summed E-state index contributed by atoms with van der Waals surface area (Å²) in [7, 11) is 0. The van der Waals surface area contributed by atoms with Crippen molar-refractivity contribution in [1.29, 1.82) is 0 Å². The molecule has 2 amide bonds. The first-order valence-corrected chi connectivity index (χ1v) is 11.3. The van der Waals surface area contributed by atoms with Gasteiger partial charge in [0, 0.05) is 17.7 Å². The number of aromatic nitrogens is 2. The van der Waals surface area contributed by atoms with Crippen LogP contribution in [-0.2, 0) is 25.7 Å². The SMILES string of the molecule is O=C(Nc1cc(N=C([O-])Cc2ccccc2)cc(C(F)(F)F)c1)Nc1c[n+](Cc2ccc(CO)cc2)no1.